The minimum absolute atomic E-state index is 1.13. The van der Waals surface area contributed by atoms with Crippen LogP contribution in [0.1, 0.15) is 0 Å². The zero-order valence-electron chi connectivity index (χ0n) is 44.9. The van der Waals surface area contributed by atoms with E-state index in [1.54, 1.807) is 0 Å². The predicted molar refractivity (Wildman–Crippen MR) is 347 cm³/mol. The van der Waals surface area contributed by atoms with Crippen LogP contribution in [0, 0.1) is 0 Å². The fraction of sp³-hybridized carbons (Fsp3) is 0. The Morgan fingerprint density at radius 1 is 0.183 bits per heavy atom. The Balaban J connectivity index is 0.871. The van der Waals surface area contributed by atoms with Crippen molar-refractivity contribution in [2.75, 3.05) is 0 Å². The Hall–Kier alpha value is -10.8. The minimum Gasteiger partial charge on any atom is -0.309 e. The number of rotatable bonds is 10. The third kappa shape index (κ3) is 7.95. The summed E-state index contributed by atoms with van der Waals surface area (Å²) < 4.78 is 5.02. The molecule has 0 amide bonds. The van der Waals surface area contributed by atoms with Gasteiger partial charge in [0.1, 0.15) is 0 Å². The summed E-state index contributed by atoms with van der Waals surface area (Å²) in [6.45, 7) is 0. The van der Waals surface area contributed by atoms with Crippen LogP contribution < -0.4 is 0 Å². The van der Waals surface area contributed by atoms with E-state index in [0.29, 0.717) is 0 Å². The van der Waals surface area contributed by atoms with Gasteiger partial charge in [0.2, 0.25) is 0 Å². The van der Waals surface area contributed by atoms with Crippen LogP contribution in [0.25, 0.3) is 155 Å². The quantitative estimate of drug-likeness (QED) is 0.121. The Morgan fingerprint density at radius 2 is 0.415 bits per heavy atom. The van der Waals surface area contributed by atoms with Crippen LogP contribution in [-0.4, -0.2) is 9.13 Å². The molecule has 16 rings (SSSR count). The highest BCUT2D eigenvalue weighted by molar-refractivity contribution is 6.24. The summed E-state index contributed by atoms with van der Waals surface area (Å²) in [7, 11) is 0. The zero-order chi connectivity index (χ0) is 54.1. The molecule has 16 aromatic rings. The maximum absolute atomic E-state index is 2.51. The van der Waals surface area contributed by atoms with E-state index < -0.39 is 0 Å². The van der Waals surface area contributed by atoms with Crippen LogP contribution in [0.5, 0.6) is 0 Å². The van der Waals surface area contributed by atoms with E-state index in [9.17, 15) is 0 Å². The molecule has 0 aliphatic rings. The summed E-state index contributed by atoms with van der Waals surface area (Å²) in [6, 6.07) is 116. The summed E-state index contributed by atoms with van der Waals surface area (Å²) in [4.78, 5) is 0. The van der Waals surface area contributed by atoms with E-state index in [1.807, 2.05) is 0 Å². The smallest absolute Gasteiger partial charge is 0.0619 e. The van der Waals surface area contributed by atoms with Crippen molar-refractivity contribution in [3.05, 3.63) is 315 Å². The van der Waals surface area contributed by atoms with Gasteiger partial charge in [0.25, 0.3) is 0 Å². The van der Waals surface area contributed by atoms with Crippen molar-refractivity contribution in [1.82, 2.24) is 9.13 Å². The molecule has 2 heterocycles. The lowest BCUT2D eigenvalue weighted by Crippen LogP contribution is -2.00. The molecule has 2 nitrogen and oxygen atoms in total. The van der Waals surface area contributed by atoms with E-state index in [2.05, 4.69) is 325 Å². The minimum atomic E-state index is 1.13. The molecule has 0 aliphatic heterocycles. The van der Waals surface area contributed by atoms with Crippen molar-refractivity contribution in [2.24, 2.45) is 0 Å². The third-order valence-corrected chi connectivity index (χ3v) is 16.9. The number of nitrogens with zero attached hydrogens (tertiary/aromatic N) is 2. The van der Waals surface area contributed by atoms with E-state index in [4.69, 9.17) is 0 Å². The molecule has 0 aliphatic carbocycles. The summed E-state index contributed by atoms with van der Waals surface area (Å²) in [5.74, 6) is 0. The molecule has 0 unspecified atom stereocenters. The van der Waals surface area contributed by atoms with E-state index in [1.165, 1.54) is 132 Å². The molecule has 0 fully saturated rings. The fourth-order valence-corrected chi connectivity index (χ4v) is 13.0. The summed E-state index contributed by atoms with van der Waals surface area (Å²) in [6.07, 6.45) is 0. The highest BCUT2D eigenvalue weighted by atomic mass is 15.0. The molecule has 2 aromatic heterocycles. The summed E-state index contributed by atoms with van der Waals surface area (Å²) in [5, 5.41) is 9.83. The molecule has 2 heteroatoms. The third-order valence-electron chi connectivity index (χ3n) is 16.9. The first-order valence-electron chi connectivity index (χ1n) is 28.3. The summed E-state index contributed by atoms with van der Waals surface area (Å²) >= 11 is 0. The van der Waals surface area contributed by atoms with Gasteiger partial charge >= 0.3 is 0 Å². The van der Waals surface area contributed by atoms with Gasteiger partial charge in [-0.15, -0.1) is 0 Å². The van der Waals surface area contributed by atoms with Gasteiger partial charge in [0, 0.05) is 33.3 Å². The molecular weight excluding hydrogens is 989 g/mol. The van der Waals surface area contributed by atoms with Crippen molar-refractivity contribution < 1.29 is 0 Å². The normalized spacial score (nSPS) is 11.7. The largest absolute Gasteiger partial charge is 0.309 e. The van der Waals surface area contributed by atoms with Crippen LogP contribution in [0.3, 0.4) is 0 Å². The van der Waals surface area contributed by atoms with Gasteiger partial charge in [0.05, 0.1) is 22.4 Å². The number of hydrogen-bond acceptors (Lipinski definition) is 0. The van der Waals surface area contributed by atoms with Gasteiger partial charge in [-0.25, -0.2) is 0 Å². The average Bonchev–Trinajstić information content (AvgIpc) is 4.23. The number of para-hydroxylation sites is 2. The Morgan fingerprint density at radius 3 is 0.707 bits per heavy atom. The summed E-state index contributed by atoms with van der Waals surface area (Å²) in [5.41, 5.74) is 23.7. The van der Waals surface area contributed by atoms with E-state index >= 15 is 0 Å². The molecule has 0 saturated heterocycles. The van der Waals surface area contributed by atoms with Gasteiger partial charge in [-0.1, -0.05) is 279 Å². The molecule has 14 aromatic carbocycles. The topological polar surface area (TPSA) is 9.86 Å². The number of benzene rings is 14. The molecule has 0 bridgehead atoms. The fourth-order valence-electron chi connectivity index (χ4n) is 13.0. The Bertz CT molecular complexity index is 4610. The first kappa shape index (κ1) is 47.2. The van der Waals surface area contributed by atoms with Crippen LogP contribution in [-0.2, 0) is 0 Å². The number of hydrogen-bond donors (Lipinski definition) is 0. The zero-order valence-corrected chi connectivity index (χ0v) is 44.9. The van der Waals surface area contributed by atoms with Gasteiger partial charge in [-0.05, 0) is 135 Å². The van der Waals surface area contributed by atoms with Crippen LogP contribution in [0.15, 0.2) is 315 Å². The van der Waals surface area contributed by atoms with Gasteiger partial charge < -0.3 is 9.13 Å². The van der Waals surface area contributed by atoms with Crippen molar-refractivity contribution in [1.29, 1.82) is 0 Å². The second-order valence-electron chi connectivity index (χ2n) is 21.6. The van der Waals surface area contributed by atoms with Crippen molar-refractivity contribution >= 4 is 54.1 Å². The van der Waals surface area contributed by atoms with Crippen LogP contribution in [0.2, 0.25) is 0 Å². The van der Waals surface area contributed by atoms with Crippen LogP contribution in [0.4, 0.5) is 0 Å². The second kappa shape index (κ2) is 19.5. The first-order chi connectivity index (χ1) is 40.7. The van der Waals surface area contributed by atoms with E-state index in [-0.39, 0.29) is 0 Å². The molecular formula is C80H52N2. The van der Waals surface area contributed by atoms with Gasteiger partial charge in [0.15, 0.2) is 0 Å². The number of fused-ring (bicyclic) bond motifs is 2. The van der Waals surface area contributed by atoms with Crippen molar-refractivity contribution in [2.45, 2.75) is 0 Å². The maximum Gasteiger partial charge on any atom is 0.0619 e. The standard InChI is InChI=1S/C80H52N2/c1-5-17-53(18-6-1)57-29-37-61(38-30-57)77-71-25-13-15-27-73(71)81(79(77)63-41-33-59(34-42-63)55-21-9-3-10-22-55)69-49-65-45-47-67-51-70(52-68-48-46-66(50-69)75(65)76(67)68)82-74-28-16-14-26-72(74)78(62-39-31-58(32-40-62)54-19-7-2-8-20-54)80(82)64-43-35-60(36-44-64)56-23-11-4-12-24-56/h1-52H. The lowest BCUT2D eigenvalue weighted by atomic mass is 9.93. The SMILES string of the molecule is c1ccc(-c2ccc(-c3c(-c4ccc(-c5ccccc5)cc4)n(-c4cc5ccc6cc(-n7c(-c8ccc(-c9ccccc9)cc8)c(-c8ccc(-c9ccccc9)cc8)c8ccccc87)cc7ccc(c4)c5c67)c4ccccc34)cc2)cc1. The first-order valence-corrected chi connectivity index (χ1v) is 28.3. The molecule has 0 saturated carbocycles. The highest BCUT2D eigenvalue weighted by Crippen LogP contribution is 2.48. The molecule has 0 atom stereocenters. The molecule has 82 heavy (non-hydrogen) atoms. The monoisotopic (exact) mass is 1040 g/mol. The van der Waals surface area contributed by atoms with Crippen molar-refractivity contribution in [3.63, 3.8) is 0 Å². The predicted octanol–water partition coefficient (Wildman–Crippen LogP) is 21.8. The molecule has 0 radical (unpaired) electrons. The molecule has 0 spiro atoms. The average molecular weight is 1040 g/mol. The number of aromatic nitrogens is 2. The van der Waals surface area contributed by atoms with Crippen LogP contribution >= 0.6 is 0 Å². The molecule has 382 valence electrons. The van der Waals surface area contributed by atoms with Gasteiger partial charge in [-0.2, -0.15) is 0 Å². The maximum atomic E-state index is 2.51. The Kier molecular flexibility index (Phi) is 11.2. The highest BCUT2D eigenvalue weighted by Gasteiger charge is 2.25. The van der Waals surface area contributed by atoms with Gasteiger partial charge in [-0.3, -0.25) is 0 Å². The van der Waals surface area contributed by atoms with Crippen molar-refractivity contribution in [3.8, 4) is 101 Å². The molecule has 0 N–H and O–H groups in total. The Labute approximate surface area is 476 Å². The van der Waals surface area contributed by atoms with E-state index in [0.717, 1.165) is 22.5 Å². The second-order valence-corrected chi connectivity index (χ2v) is 21.6. The lowest BCUT2D eigenvalue weighted by molar-refractivity contribution is 1.14. The lowest BCUT2D eigenvalue weighted by Gasteiger charge is -2.19.